The molecule has 0 spiro atoms. The predicted octanol–water partition coefficient (Wildman–Crippen LogP) is 1.40. The topological polar surface area (TPSA) is 86.6 Å². The number of aromatic nitrogens is 3. The number of nitrogens with one attached hydrogen (secondary N) is 2. The van der Waals surface area contributed by atoms with Gasteiger partial charge in [0.25, 0.3) is 0 Å². The van der Waals surface area contributed by atoms with E-state index in [0.29, 0.717) is 30.5 Å². The van der Waals surface area contributed by atoms with E-state index in [-0.39, 0.29) is 0 Å². The van der Waals surface area contributed by atoms with E-state index in [1.54, 1.807) is 19.2 Å². The number of nitrogens with zero attached hydrogens (tertiary/aromatic N) is 3. The van der Waals surface area contributed by atoms with Gasteiger partial charge in [0.2, 0.25) is 5.95 Å². The van der Waals surface area contributed by atoms with Crippen molar-refractivity contribution in [2.24, 2.45) is 0 Å². The van der Waals surface area contributed by atoms with E-state index in [1.165, 1.54) is 0 Å². The summed E-state index contributed by atoms with van der Waals surface area (Å²) >= 11 is 0. The molecule has 0 saturated carbocycles. The Bertz CT molecular complexity index is 558. The first kappa shape index (κ1) is 12.1. The van der Waals surface area contributed by atoms with Gasteiger partial charge < -0.3 is 10.1 Å². The molecule has 0 saturated heterocycles. The van der Waals surface area contributed by atoms with Crippen molar-refractivity contribution in [1.82, 2.24) is 15.2 Å². The van der Waals surface area contributed by atoms with Gasteiger partial charge in [-0.3, -0.25) is 5.10 Å². The average Bonchev–Trinajstić information content (AvgIpc) is 2.88. The van der Waals surface area contributed by atoms with Crippen molar-refractivity contribution in [3.05, 3.63) is 29.8 Å². The zero-order valence-corrected chi connectivity index (χ0v) is 9.97. The number of ether oxygens (including phenoxy) is 1. The van der Waals surface area contributed by atoms with Gasteiger partial charge in [0.15, 0.2) is 5.82 Å². The van der Waals surface area contributed by atoms with Crippen LogP contribution < -0.4 is 5.32 Å². The highest BCUT2D eigenvalue weighted by atomic mass is 16.5. The molecular formula is C12H13N5O. The van der Waals surface area contributed by atoms with Crippen molar-refractivity contribution in [3.63, 3.8) is 0 Å². The fraction of sp³-hybridized carbons (Fsp3) is 0.250. The number of H-pyrrole nitrogens is 1. The summed E-state index contributed by atoms with van der Waals surface area (Å²) in [6.45, 7) is 1.24. The Morgan fingerprint density at radius 2 is 2.39 bits per heavy atom. The molecule has 0 atom stereocenters. The lowest BCUT2D eigenvalue weighted by molar-refractivity contribution is 0.210. The second-order valence-corrected chi connectivity index (χ2v) is 3.62. The number of methoxy groups -OCH3 is 1. The molecule has 0 unspecified atom stereocenters. The molecule has 6 heteroatoms. The molecule has 0 aliphatic heterocycles. The van der Waals surface area contributed by atoms with E-state index in [2.05, 4.69) is 26.6 Å². The zero-order valence-electron chi connectivity index (χ0n) is 9.97. The van der Waals surface area contributed by atoms with Crippen LogP contribution in [0.3, 0.4) is 0 Å². The minimum atomic E-state index is 0.518. The summed E-state index contributed by atoms with van der Waals surface area (Å²) in [6.07, 6.45) is 0. The standard InChI is InChI=1S/C12H13N5O/c1-18-6-5-14-12-15-11(16-17-12)10-4-2-3-9(7-10)8-13/h2-4,7H,5-6H2,1H3,(H2,14,15,16,17). The molecule has 2 aromatic rings. The summed E-state index contributed by atoms with van der Waals surface area (Å²) in [5.74, 6) is 1.15. The Balaban J connectivity index is 2.11. The van der Waals surface area contributed by atoms with Gasteiger partial charge in [-0.05, 0) is 12.1 Å². The maximum Gasteiger partial charge on any atom is 0.242 e. The number of hydrogen-bond donors (Lipinski definition) is 2. The number of aromatic amines is 1. The van der Waals surface area contributed by atoms with Gasteiger partial charge >= 0.3 is 0 Å². The van der Waals surface area contributed by atoms with Gasteiger partial charge in [-0.15, -0.1) is 5.10 Å². The minimum Gasteiger partial charge on any atom is -0.383 e. The maximum absolute atomic E-state index is 8.83. The van der Waals surface area contributed by atoms with Crippen LogP contribution in [0.4, 0.5) is 5.95 Å². The quantitative estimate of drug-likeness (QED) is 0.775. The minimum absolute atomic E-state index is 0.518. The smallest absolute Gasteiger partial charge is 0.242 e. The van der Waals surface area contributed by atoms with Crippen LogP contribution in [0.15, 0.2) is 24.3 Å². The van der Waals surface area contributed by atoms with Crippen molar-refractivity contribution in [1.29, 1.82) is 5.26 Å². The van der Waals surface area contributed by atoms with E-state index < -0.39 is 0 Å². The third kappa shape index (κ3) is 2.84. The predicted molar refractivity (Wildman–Crippen MR) is 66.9 cm³/mol. The summed E-state index contributed by atoms with van der Waals surface area (Å²) in [6, 6.07) is 9.29. The first-order valence-corrected chi connectivity index (χ1v) is 5.49. The van der Waals surface area contributed by atoms with Gasteiger partial charge in [0.1, 0.15) is 0 Å². The average molecular weight is 243 g/mol. The number of hydrogen-bond acceptors (Lipinski definition) is 5. The third-order valence-corrected chi connectivity index (χ3v) is 2.34. The number of benzene rings is 1. The van der Waals surface area contributed by atoms with E-state index in [9.17, 15) is 0 Å². The maximum atomic E-state index is 8.83. The Morgan fingerprint density at radius 1 is 1.50 bits per heavy atom. The molecule has 0 radical (unpaired) electrons. The number of anilines is 1. The fourth-order valence-corrected chi connectivity index (χ4v) is 1.47. The van der Waals surface area contributed by atoms with E-state index >= 15 is 0 Å². The largest absolute Gasteiger partial charge is 0.383 e. The van der Waals surface area contributed by atoms with Crippen LogP contribution in [-0.4, -0.2) is 35.4 Å². The molecule has 18 heavy (non-hydrogen) atoms. The first-order valence-electron chi connectivity index (χ1n) is 5.49. The van der Waals surface area contributed by atoms with Crippen molar-refractivity contribution >= 4 is 5.95 Å². The van der Waals surface area contributed by atoms with Gasteiger partial charge in [-0.2, -0.15) is 10.2 Å². The molecule has 2 rings (SSSR count). The van der Waals surface area contributed by atoms with Gasteiger partial charge in [-0.1, -0.05) is 12.1 Å². The van der Waals surface area contributed by atoms with Gasteiger partial charge in [0, 0.05) is 19.2 Å². The molecule has 0 aliphatic carbocycles. The van der Waals surface area contributed by atoms with Crippen molar-refractivity contribution in [2.75, 3.05) is 25.6 Å². The molecule has 92 valence electrons. The lowest BCUT2D eigenvalue weighted by Gasteiger charge is -1.98. The van der Waals surface area contributed by atoms with E-state index in [4.69, 9.17) is 10.00 Å². The molecule has 0 bridgehead atoms. The molecule has 1 aromatic carbocycles. The zero-order chi connectivity index (χ0) is 12.8. The Kier molecular flexibility index (Phi) is 3.89. The lowest BCUT2D eigenvalue weighted by Crippen LogP contribution is -2.08. The van der Waals surface area contributed by atoms with Crippen molar-refractivity contribution in [3.8, 4) is 17.5 Å². The van der Waals surface area contributed by atoms with E-state index in [0.717, 1.165) is 5.56 Å². The summed E-state index contributed by atoms with van der Waals surface area (Å²) in [5, 5.41) is 18.7. The number of nitriles is 1. The summed E-state index contributed by atoms with van der Waals surface area (Å²) in [5.41, 5.74) is 1.43. The Labute approximate surface area is 105 Å². The summed E-state index contributed by atoms with van der Waals surface area (Å²) < 4.78 is 4.92. The molecule has 0 aliphatic rings. The number of rotatable bonds is 5. The fourth-order valence-electron chi connectivity index (χ4n) is 1.47. The summed E-state index contributed by atoms with van der Waals surface area (Å²) in [7, 11) is 1.64. The monoisotopic (exact) mass is 243 g/mol. The van der Waals surface area contributed by atoms with Gasteiger partial charge in [-0.25, -0.2) is 0 Å². The molecular weight excluding hydrogens is 230 g/mol. The van der Waals surface area contributed by atoms with Crippen LogP contribution in [0.1, 0.15) is 5.56 Å². The molecule has 1 heterocycles. The van der Waals surface area contributed by atoms with Crippen molar-refractivity contribution < 1.29 is 4.74 Å². The highest BCUT2D eigenvalue weighted by molar-refractivity contribution is 5.58. The Hall–Kier alpha value is -2.39. The second-order valence-electron chi connectivity index (χ2n) is 3.62. The normalized spacial score (nSPS) is 10.0. The van der Waals surface area contributed by atoms with Gasteiger partial charge in [0.05, 0.1) is 18.2 Å². The van der Waals surface area contributed by atoms with Crippen LogP contribution in [0, 0.1) is 11.3 Å². The van der Waals surface area contributed by atoms with Crippen molar-refractivity contribution in [2.45, 2.75) is 0 Å². The SMILES string of the molecule is COCCNc1n[nH]c(-c2cccc(C#N)c2)n1. The highest BCUT2D eigenvalue weighted by Crippen LogP contribution is 2.16. The molecule has 0 fully saturated rings. The molecule has 0 amide bonds. The van der Waals surface area contributed by atoms with Crippen LogP contribution in [0.25, 0.3) is 11.4 Å². The first-order chi connectivity index (χ1) is 8.83. The highest BCUT2D eigenvalue weighted by Gasteiger charge is 2.05. The van der Waals surface area contributed by atoms with E-state index in [1.807, 2.05) is 12.1 Å². The van der Waals surface area contributed by atoms with Crippen LogP contribution in [0.5, 0.6) is 0 Å². The molecule has 2 N–H and O–H groups in total. The third-order valence-electron chi connectivity index (χ3n) is 2.34. The Morgan fingerprint density at radius 3 is 3.17 bits per heavy atom. The molecule has 6 nitrogen and oxygen atoms in total. The van der Waals surface area contributed by atoms with Crippen LogP contribution in [0.2, 0.25) is 0 Å². The van der Waals surface area contributed by atoms with Crippen LogP contribution >= 0.6 is 0 Å². The molecule has 1 aromatic heterocycles. The summed E-state index contributed by atoms with van der Waals surface area (Å²) in [4.78, 5) is 4.28. The van der Waals surface area contributed by atoms with Crippen LogP contribution in [-0.2, 0) is 4.74 Å². The second kappa shape index (κ2) is 5.80. The lowest BCUT2D eigenvalue weighted by atomic mass is 10.1.